The van der Waals surface area contributed by atoms with Gasteiger partial charge in [-0.3, -0.25) is 19.1 Å². The quantitative estimate of drug-likeness (QED) is 0.277. The number of allylic oxidation sites excluding steroid dienone is 7. The molecule has 7 rings (SSSR count). The molecule has 51 heavy (non-hydrogen) atoms. The van der Waals surface area contributed by atoms with Gasteiger partial charge >= 0.3 is 5.97 Å². The summed E-state index contributed by atoms with van der Waals surface area (Å²) >= 11 is 0. The molecule has 1 aromatic heterocycles. The third kappa shape index (κ3) is 5.85. The van der Waals surface area contributed by atoms with E-state index >= 15 is 0 Å². The molecule has 0 aliphatic heterocycles. The lowest BCUT2D eigenvalue weighted by atomic mass is 9.34. The Morgan fingerprint density at radius 1 is 0.980 bits per heavy atom. The summed E-state index contributed by atoms with van der Waals surface area (Å²) in [5.41, 5.74) is 4.34. The monoisotopic (exact) mass is 698 g/mol. The normalized spacial score (nSPS) is 36.4. The van der Waals surface area contributed by atoms with Crippen LogP contribution in [0.15, 0.2) is 52.5 Å². The lowest BCUT2D eigenvalue weighted by molar-refractivity contribution is -0.180. The fraction of sp³-hybridized carbons (Fsp3) is 0.690. The molecule has 1 amide bonds. The number of esters is 1. The largest absolute Gasteiger partial charge is 0.479 e. The topological polar surface area (TPSA) is 112 Å². The van der Waals surface area contributed by atoms with Crippen LogP contribution < -0.4 is 5.32 Å². The summed E-state index contributed by atoms with van der Waals surface area (Å²) in [7, 11) is 1.52. The summed E-state index contributed by atoms with van der Waals surface area (Å²) in [5.74, 6) is 0.706. The highest BCUT2D eigenvalue weighted by molar-refractivity contribution is 6.07. The van der Waals surface area contributed by atoms with E-state index in [0.717, 1.165) is 68.2 Å². The van der Waals surface area contributed by atoms with E-state index in [9.17, 15) is 14.4 Å². The number of rotatable bonds is 8. The minimum absolute atomic E-state index is 0.00172. The van der Waals surface area contributed by atoms with Crippen molar-refractivity contribution in [1.29, 1.82) is 0 Å². The Kier molecular flexibility index (Phi) is 9.06. The zero-order chi connectivity index (χ0) is 36.4. The van der Waals surface area contributed by atoms with Crippen molar-refractivity contribution in [1.82, 2.24) is 20.3 Å². The number of carbonyl (C=O) groups excluding carboxylic acids is 3. The first-order valence-electron chi connectivity index (χ1n) is 19.4. The van der Waals surface area contributed by atoms with E-state index in [0.29, 0.717) is 17.5 Å². The van der Waals surface area contributed by atoms with Gasteiger partial charge in [0.05, 0.1) is 25.3 Å². The molecule has 276 valence electrons. The fourth-order valence-electron chi connectivity index (χ4n) is 11.6. The van der Waals surface area contributed by atoms with E-state index in [4.69, 9.17) is 9.47 Å². The molecule has 6 atom stereocenters. The number of hydrogen-bond donors (Lipinski definition) is 1. The van der Waals surface area contributed by atoms with Crippen molar-refractivity contribution in [2.45, 2.75) is 132 Å². The van der Waals surface area contributed by atoms with Gasteiger partial charge in [0.2, 0.25) is 5.78 Å². The van der Waals surface area contributed by atoms with Gasteiger partial charge in [0, 0.05) is 17.5 Å². The SMILES string of the molecule is COC(=O)[C@]1(C)CC[C@]2(C)CC[C@]3(C)C4=CC=C5C(=CC(=O)C(OCC(=O)NCc6cn(CC7CCCCC7)nn6)=C5C)[C@]4(C)CC[C@@]3(C)[C@@H]2C1. The summed E-state index contributed by atoms with van der Waals surface area (Å²) in [6.07, 6.45) is 21.5. The predicted molar refractivity (Wildman–Crippen MR) is 195 cm³/mol. The van der Waals surface area contributed by atoms with Crippen molar-refractivity contribution in [3.63, 3.8) is 0 Å². The highest BCUT2D eigenvalue weighted by Gasteiger charge is 2.67. The molecule has 1 N–H and O–H groups in total. The first-order valence-corrected chi connectivity index (χ1v) is 19.4. The molecule has 0 spiro atoms. The van der Waals surface area contributed by atoms with Gasteiger partial charge in [-0.2, -0.15) is 0 Å². The molecule has 6 aliphatic rings. The van der Waals surface area contributed by atoms with Crippen molar-refractivity contribution in [3.05, 3.63) is 58.2 Å². The molecule has 9 heteroatoms. The van der Waals surface area contributed by atoms with Gasteiger partial charge in [0.25, 0.3) is 5.91 Å². The maximum Gasteiger partial charge on any atom is 0.311 e. The smallest absolute Gasteiger partial charge is 0.311 e. The number of ether oxygens (including phenoxy) is 2. The number of nitrogens with zero attached hydrogens (tertiary/aromatic N) is 3. The Morgan fingerprint density at radius 3 is 2.47 bits per heavy atom. The lowest BCUT2D eigenvalue weighted by Gasteiger charge is -2.70. The van der Waals surface area contributed by atoms with E-state index < -0.39 is 5.41 Å². The molecule has 0 unspecified atom stereocenters. The number of hydrogen-bond acceptors (Lipinski definition) is 7. The van der Waals surface area contributed by atoms with Gasteiger partial charge in [-0.15, -0.1) is 5.10 Å². The first-order chi connectivity index (χ1) is 24.2. The van der Waals surface area contributed by atoms with E-state index in [2.05, 4.69) is 62.4 Å². The van der Waals surface area contributed by atoms with Crippen molar-refractivity contribution in [2.75, 3.05) is 13.7 Å². The van der Waals surface area contributed by atoms with Gasteiger partial charge < -0.3 is 14.8 Å². The summed E-state index contributed by atoms with van der Waals surface area (Å²) in [6, 6.07) is 0. The lowest BCUT2D eigenvalue weighted by Crippen LogP contribution is -2.62. The number of aromatic nitrogens is 3. The molecule has 0 bridgehead atoms. The summed E-state index contributed by atoms with van der Waals surface area (Å²) in [4.78, 5) is 39.6. The van der Waals surface area contributed by atoms with Crippen molar-refractivity contribution < 1.29 is 23.9 Å². The molecule has 4 saturated carbocycles. The molecule has 0 aromatic carbocycles. The zero-order valence-corrected chi connectivity index (χ0v) is 32.0. The van der Waals surface area contributed by atoms with Gasteiger partial charge in [-0.25, -0.2) is 0 Å². The first kappa shape index (κ1) is 35.9. The molecular formula is C42H58N4O5. The Balaban J connectivity index is 1.06. The van der Waals surface area contributed by atoms with Crippen LogP contribution in [0.5, 0.6) is 0 Å². The number of methoxy groups -OCH3 is 1. The van der Waals surface area contributed by atoms with Crippen molar-refractivity contribution in [3.8, 4) is 0 Å². The van der Waals surface area contributed by atoms with Gasteiger partial charge in [-0.05, 0) is 117 Å². The molecule has 0 radical (unpaired) electrons. The zero-order valence-electron chi connectivity index (χ0n) is 32.0. The average Bonchev–Trinajstić information content (AvgIpc) is 3.56. The van der Waals surface area contributed by atoms with Crippen LogP contribution in [-0.4, -0.2) is 46.4 Å². The third-order valence-corrected chi connectivity index (χ3v) is 15.1. The number of ketones is 1. The number of fused-ring (bicyclic) bond motifs is 7. The van der Waals surface area contributed by atoms with Crippen LogP contribution in [-0.2, 0) is 36.9 Å². The summed E-state index contributed by atoms with van der Waals surface area (Å²) in [5, 5.41) is 11.4. The van der Waals surface area contributed by atoms with Gasteiger partial charge in [0.15, 0.2) is 12.4 Å². The Labute approximate surface area is 303 Å². The number of carbonyl (C=O) groups is 3. The Bertz CT molecular complexity index is 1750. The predicted octanol–water partition coefficient (Wildman–Crippen LogP) is 7.73. The highest BCUT2D eigenvalue weighted by Crippen LogP contribution is 2.75. The third-order valence-electron chi connectivity index (χ3n) is 15.1. The van der Waals surface area contributed by atoms with E-state index in [1.807, 2.05) is 17.8 Å². The maximum absolute atomic E-state index is 13.8. The van der Waals surface area contributed by atoms with Crippen LogP contribution in [0.1, 0.15) is 124 Å². The van der Waals surface area contributed by atoms with E-state index in [1.54, 1.807) is 6.08 Å². The summed E-state index contributed by atoms with van der Waals surface area (Å²) in [6.45, 7) is 14.7. The minimum atomic E-state index is -0.462. The van der Waals surface area contributed by atoms with E-state index in [1.165, 1.54) is 44.8 Å². The second-order valence-electron chi connectivity index (χ2n) is 18.1. The van der Waals surface area contributed by atoms with Crippen LogP contribution in [0.25, 0.3) is 0 Å². The second kappa shape index (κ2) is 12.9. The molecule has 9 nitrogen and oxygen atoms in total. The van der Waals surface area contributed by atoms with Crippen LogP contribution >= 0.6 is 0 Å². The van der Waals surface area contributed by atoms with Crippen LogP contribution in [0.2, 0.25) is 0 Å². The van der Waals surface area contributed by atoms with Crippen LogP contribution in [0.3, 0.4) is 0 Å². The minimum Gasteiger partial charge on any atom is -0.479 e. The highest BCUT2D eigenvalue weighted by atomic mass is 16.5. The Morgan fingerprint density at radius 2 is 1.73 bits per heavy atom. The molecule has 0 saturated heterocycles. The van der Waals surface area contributed by atoms with E-state index in [-0.39, 0.29) is 58.2 Å². The molecule has 1 heterocycles. The Hall–Kier alpha value is -3.49. The number of amides is 1. The molecule has 1 aromatic rings. The molecule has 4 fully saturated rings. The van der Waals surface area contributed by atoms with Gasteiger partial charge in [-0.1, -0.05) is 69.9 Å². The van der Waals surface area contributed by atoms with Crippen molar-refractivity contribution in [2.24, 2.45) is 38.9 Å². The average molecular weight is 699 g/mol. The molecular weight excluding hydrogens is 640 g/mol. The number of nitrogens with one attached hydrogen (secondary N) is 1. The maximum atomic E-state index is 13.8. The standard InChI is InChI=1S/C42H58N4O5/c1-27-30-13-14-33-40(4,18-20-42(6)34-22-39(3,37(49)50-7)16-15-38(34,2)17-19-41(33,42)5)31(30)21-32(47)36(27)51-26-35(48)43-23-29-25-46(45-44-29)24-28-11-9-8-10-12-28/h13-14,21,25,28,34H,8-12,15-20,22-24,26H2,1-7H3,(H,43,48)/t34-,38-,39-,40+,41-,42+/m1/s1. The van der Waals surface area contributed by atoms with Crippen LogP contribution in [0.4, 0.5) is 0 Å². The fourth-order valence-corrected chi connectivity index (χ4v) is 11.6. The summed E-state index contributed by atoms with van der Waals surface area (Å²) < 4.78 is 13.2. The van der Waals surface area contributed by atoms with Gasteiger partial charge in [0.1, 0.15) is 5.69 Å². The molecule has 6 aliphatic carbocycles. The second-order valence-corrected chi connectivity index (χ2v) is 18.1. The van der Waals surface area contributed by atoms with Crippen LogP contribution in [0, 0.1) is 38.9 Å². The van der Waals surface area contributed by atoms with Crippen molar-refractivity contribution >= 4 is 17.7 Å².